The van der Waals surface area contributed by atoms with Crippen LogP contribution in [0.25, 0.3) is 0 Å². The van der Waals surface area contributed by atoms with E-state index in [4.69, 9.17) is 11.6 Å². The van der Waals surface area contributed by atoms with Crippen molar-refractivity contribution in [1.29, 1.82) is 0 Å². The zero-order valence-corrected chi connectivity index (χ0v) is 15.2. The molecule has 0 bridgehead atoms. The number of hydrogen-bond donors (Lipinski definition) is 0. The summed E-state index contributed by atoms with van der Waals surface area (Å²) in [6.07, 6.45) is 0. The Kier molecular flexibility index (Phi) is 4.76. The minimum atomic E-state index is -0.426. The number of amides is 1. The quantitative estimate of drug-likeness (QED) is 0.777. The predicted octanol–water partition coefficient (Wildman–Crippen LogP) is 2.64. The number of Topliss-reactive ketones (excluding diaryl/α,β-unsaturated/α-hetero) is 1. The molecule has 0 saturated carbocycles. The van der Waals surface area contributed by atoms with Crippen LogP contribution < -0.4 is 4.90 Å². The molecular weight excluding hydrogens is 350 g/mol. The lowest BCUT2D eigenvalue weighted by Gasteiger charge is -2.36. The van der Waals surface area contributed by atoms with Gasteiger partial charge in [-0.25, -0.2) is 0 Å². The smallest absolute Gasteiger partial charge is 0.296 e. The van der Waals surface area contributed by atoms with Crippen LogP contribution in [0.1, 0.15) is 15.9 Å². The van der Waals surface area contributed by atoms with E-state index in [9.17, 15) is 9.59 Å². The number of carbonyl (C=O) groups is 2. The largest absolute Gasteiger partial charge is 0.300 e. The van der Waals surface area contributed by atoms with Gasteiger partial charge in [-0.3, -0.25) is 24.3 Å². The normalized spacial score (nSPS) is 18.4. The van der Waals surface area contributed by atoms with Gasteiger partial charge in [0.2, 0.25) is 0 Å². The third-order valence-corrected chi connectivity index (χ3v) is 5.41. The minimum absolute atomic E-state index is 0.405. The molecule has 0 aromatic heterocycles. The lowest BCUT2D eigenvalue weighted by molar-refractivity contribution is -0.114. The van der Waals surface area contributed by atoms with Gasteiger partial charge in [0.05, 0.1) is 17.9 Å². The first-order valence-electron chi connectivity index (χ1n) is 8.77. The van der Waals surface area contributed by atoms with Crippen LogP contribution in [0.5, 0.6) is 0 Å². The molecule has 1 fully saturated rings. The van der Waals surface area contributed by atoms with Crippen LogP contribution in [0.2, 0.25) is 5.02 Å². The fourth-order valence-corrected chi connectivity index (χ4v) is 3.74. The summed E-state index contributed by atoms with van der Waals surface area (Å²) < 4.78 is 0. The van der Waals surface area contributed by atoms with E-state index in [0.717, 1.165) is 49.0 Å². The number of anilines is 1. The van der Waals surface area contributed by atoms with E-state index in [1.54, 1.807) is 17.0 Å². The van der Waals surface area contributed by atoms with Crippen LogP contribution in [-0.2, 0) is 11.3 Å². The van der Waals surface area contributed by atoms with E-state index in [-0.39, 0.29) is 0 Å². The van der Waals surface area contributed by atoms with Crippen LogP contribution in [0, 0.1) is 0 Å². The molecule has 2 aliphatic heterocycles. The van der Waals surface area contributed by atoms with Gasteiger partial charge in [0.15, 0.2) is 0 Å². The Bertz CT molecular complexity index is 846. The van der Waals surface area contributed by atoms with Crippen molar-refractivity contribution >= 4 is 29.0 Å². The molecule has 1 saturated heterocycles. The van der Waals surface area contributed by atoms with Crippen molar-refractivity contribution in [3.63, 3.8) is 0 Å². The first kappa shape index (κ1) is 17.2. The van der Waals surface area contributed by atoms with Gasteiger partial charge in [0.1, 0.15) is 0 Å². The van der Waals surface area contributed by atoms with Crippen molar-refractivity contribution in [2.75, 3.05) is 37.7 Å². The van der Waals surface area contributed by atoms with Crippen molar-refractivity contribution < 1.29 is 9.59 Å². The maximum Gasteiger partial charge on any atom is 0.300 e. The monoisotopic (exact) mass is 369 g/mol. The van der Waals surface area contributed by atoms with Crippen LogP contribution in [0.15, 0.2) is 48.5 Å². The lowest BCUT2D eigenvalue weighted by atomic mass is 10.1. The number of piperazine rings is 1. The second-order valence-corrected chi connectivity index (χ2v) is 7.11. The molecule has 0 aliphatic carbocycles. The van der Waals surface area contributed by atoms with Gasteiger partial charge in [-0.1, -0.05) is 41.9 Å². The highest BCUT2D eigenvalue weighted by molar-refractivity contribution is 6.52. The maximum atomic E-state index is 12.3. The average molecular weight is 370 g/mol. The summed E-state index contributed by atoms with van der Waals surface area (Å²) in [7, 11) is 0. The Morgan fingerprint density at radius 3 is 2.27 bits per heavy atom. The topological polar surface area (TPSA) is 43.9 Å². The molecule has 134 valence electrons. The lowest BCUT2D eigenvalue weighted by Crippen LogP contribution is -2.50. The fourth-order valence-electron chi connectivity index (χ4n) is 3.54. The molecule has 0 radical (unpaired) electrons. The molecule has 5 nitrogen and oxygen atoms in total. The van der Waals surface area contributed by atoms with Crippen LogP contribution in [0.3, 0.4) is 0 Å². The molecule has 26 heavy (non-hydrogen) atoms. The first-order chi connectivity index (χ1) is 12.6. The third-order valence-electron chi connectivity index (χ3n) is 5.04. The van der Waals surface area contributed by atoms with E-state index in [2.05, 4.69) is 15.9 Å². The summed E-state index contributed by atoms with van der Waals surface area (Å²) in [4.78, 5) is 30.6. The van der Waals surface area contributed by atoms with Gasteiger partial charge in [-0.15, -0.1) is 0 Å². The molecule has 2 aromatic carbocycles. The number of rotatable bonds is 4. The minimum Gasteiger partial charge on any atom is -0.296 e. The fraction of sp³-hybridized carbons (Fsp3) is 0.300. The molecule has 1 amide bonds. The Balaban J connectivity index is 1.37. The number of ketones is 1. The number of carbonyl (C=O) groups excluding carboxylic acids is 2. The van der Waals surface area contributed by atoms with E-state index >= 15 is 0 Å². The average Bonchev–Trinajstić information content (AvgIpc) is 2.90. The molecule has 2 heterocycles. The van der Waals surface area contributed by atoms with Crippen molar-refractivity contribution in [2.45, 2.75) is 6.54 Å². The van der Waals surface area contributed by atoms with Crippen LogP contribution in [-0.4, -0.2) is 54.3 Å². The van der Waals surface area contributed by atoms with E-state index < -0.39 is 11.7 Å². The third kappa shape index (κ3) is 3.26. The highest BCUT2D eigenvalue weighted by atomic mass is 35.5. The highest BCUT2D eigenvalue weighted by Gasteiger charge is 2.36. The molecule has 2 aromatic rings. The van der Waals surface area contributed by atoms with E-state index in [1.165, 1.54) is 0 Å². The van der Waals surface area contributed by atoms with Crippen molar-refractivity contribution in [3.8, 4) is 0 Å². The predicted molar refractivity (Wildman–Crippen MR) is 101 cm³/mol. The van der Waals surface area contributed by atoms with Crippen molar-refractivity contribution in [2.24, 2.45) is 0 Å². The van der Waals surface area contributed by atoms with Crippen LogP contribution in [0.4, 0.5) is 5.69 Å². The second-order valence-electron chi connectivity index (χ2n) is 6.71. The molecule has 4 rings (SSSR count). The number of para-hydroxylation sites is 1. The number of halogens is 1. The van der Waals surface area contributed by atoms with Gasteiger partial charge in [-0.2, -0.15) is 0 Å². The summed E-state index contributed by atoms with van der Waals surface area (Å²) in [5.41, 5.74) is 2.37. The van der Waals surface area contributed by atoms with E-state index in [1.807, 2.05) is 30.3 Å². The Morgan fingerprint density at radius 2 is 1.50 bits per heavy atom. The number of hydrogen-bond acceptors (Lipinski definition) is 4. The van der Waals surface area contributed by atoms with Gasteiger partial charge in [0, 0.05) is 37.7 Å². The molecule has 0 N–H and O–H groups in total. The van der Waals surface area contributed by atoms with E-state index in [0.29, 0.717) is 12.2 Å². The summed E-state index contributed by atoms with van der Waals surface area (Å²) in [5, 5.41) is 0.799. The Labute approximate surface area is 157 Å². The highest BCUT2D eigenvalue weighted by Crippen LogP contribution is 2.28. The Hall–Kier alpha value is -2.21. The molecule has 0 atom stereocenters. The van der Waals surface area contributed by atoms with Crippen molar-refractivity contribution in [3.05, 3.63) is 64.7 Å². The summed E-state index contributed by atoms with van der Waals surface area (Å²) in [6.45, 7) is 4.81. The van der Waals surface area contributed by atoms with Gasteiger partial charge >= 0.3 is 5.91 Å². The molecule has 2 aliphatic rings. The molecule has 0 spiro atoms. The number of benzene rings is 2. The summed E-state index contributed by atoms with van der Waals surface area (Å²) >= 11 is 6.25. The van der Waals surface area contributed by atoms with Gasteiger partial charge < -0.3 is 0 Å². The van der Waals surface area contributed by atoms with Gasteiger partial charge in [-0.05, 0) is 23.8 Å². The zero-order valence-electron chi connectivity index (χ0n) is 14.4. The molecule has 0 unspecified atom stereocenters. The second kappa shape index (κ2) is 7.19. The maximum absolute atomic E-state index is 12.3. The van der Waals surface area contributed by atoms with Gasteiger partial charge in [0.25, 0.3) is 5.78 Å². The SMILES string of the molecule is O=C1C(=O)N(CN2CCN(Cc3ccccc3Cl)CC2)c2ccccc21. The summed E-state index contributed by atoms with van der Waals surface area (Å²) in [5.74, 6) is -0.831. The number of nitrogens with zero attached hydrogens (tertiary/aromatic N) is 3. The van der Waals surface area contributed by atoms with Crippen LogP contribution >= 0.6 is 11.6 Å². The standard InChI is InChI=1S/C20H20ClN3O2/c21-17-7-3-1-5-15(17)13-22-9-11-23(12-10-22)14-24-18-8-4-2-6-16(18)19(25)20(24)26/h1-8H,9-14H2. The zero-order chi connectivity index (χ0) is 18.1. The summed E-state index contributed by atoms with van der Waals surface area (Å²) in [6, 6.07) is 15.1. The Morgan fingerprint density at radius 1 is 0.846 bits per heavy atom. The first-order valence-corrected chi connectivity index (χ1v) is 9.14. The number of fused-ring (bicyclic) bond motifs is 1. The molecular formula is C20H20ClN3O2. The molecule has 6 heteroatoms. The van der Waals surface area contributed by atoms with Crippen molar-refractivity contribution in [1.82, 2.24) is 9.80 Å².